The number of piperidine rings is 1. The zero-order valence-electron chi connectivity index (χ0n) is 18.3. The van der Waals surface area contributed by atoms with Crippen LogP contribution in [-0.4, -0.2) is 70.8 Å². The fourth-order valence-electron chi connectivity index (χ4n) is 3.28. The quantitative estimate of drug-likeness (QED) is 0.279. The van der Waals surface area contributed by atoms with Crippen molar-refractivity contribution in [2.75, 3.05) is 31.5 Å². The Hall–Kier alpha value is -3.57. The van der Waals surface area contributed by atoms with Crippen LogP contribution in [0.3, 0.4) is 0 Å². The Morgan fingerprint density at radius 2 is 2.00 bits per heavy atom. The molecule has 176 valence electrons. The second kappa shape index (κ2) is 10.6. The van der Waals surface area contributed by atoms with Crippen LogP contribution in [0, 0.1) is 10.1 Å². The second-order valence-electron chi connectivity index (χ2n) is 8.38. The molecule has 0 radical (unpaired) electrons. The van der Waals surface area contributed by atoms with E-state index < -0.39 is 28.6 Å². The van der Waals surface area contributed by atoms with Gasteiger partial charge in [0.2, 0.25) is 0 Å². The minimum absolute atomic E-state index is 0.144. The molecule has 12 nitrogen and oxygen atoms in total. The van der Waals surface area contributed by atoms with Gasteiger partial charge in [-0.3, -0.25) is 14.9 Å². The Morgan fingerprint density at radius 3 is 2.62 bits per heavy atom. The molecule has 0 unspecified atom stereocenters. The molecule has 0 bridgehead atoms. The third-order valence-electron chi connectivity index (χ3n) is 4.59. The van der Waals surface area contributed by atoms with Gasteiger partial charge in [0, 0.05) is 43.9 Å². The SMILES string of the molecule is CC(C)(C)OC(=O)NCCNc1ccc(C(=O)N2CCC[C@@H](NC(=O)O)C2)cc1[N+](=O)[O-]. The Balaban J connectivity index is 2.00. The number of nitrogens with one attached hydrogen (secondary N) is 3. The van der Waals surface area contributed by atoms with Gasteiger partial charge in [-0.2, -0.15) is 0 Å². The summed E-state index contributed by atoms with van der Waals surface area (Å²) in [6.45, 7) is 6.26. The molecule has 0 saturated carbocycles. The number of amides is 3. The molecule has 3 amide bonds. The first-order valence-corrected chi connectivity index (χ1v) is 10.2. The van der Waals surface area contributed by atoms with E-state index in [9.17, 15) is 24.5 Å². The van der Waals surface area contributed by atoms with Crippen LogP contribution in [0.4, 0.5) is 21.0 Å². The number of rotatable bonds is 7. The number of benzene rings is 1. The number of hydrogen-bond acceptors (Lipinski definition) is 7. The summed E-state index contributed by atoms with van der Waals surface area (Å²) >= 11 is 0. The standard InChI is InChI=1S/C20H29N5O7/c1-20(2,3)32-19(29)22-9-8-21-15-7-6-13(11-16(15)25(30)31)17(26)24-10-4-5-14(12-24)23-18(27)28/h6-7,11,14,21,23H,4-5,8-10,12H2,1-3H3,(H,22,29)(H,27,28)/t14-/m1/s1. The Labute approximate surface area is 185 Å². The highest BCUT2D eigenvalue weighted by atomic mass is 16.6. The predicted octanol–water partition coefficient (Wildman–Crippen LogP) is 2.40. The molecule has 4 N–H and O–H groups in total. The number of nitrogens with zero attached hydrogens (tertiary/aromatic N) is 2. The van der Waals surface area contributed by atoms with Gasteiger partial charge in [-0.05, 0) is 45.7 Å². The molecule has 1 aromatic carbocycles. The molecule has 0 spiro atoms. The molecule has 1 aromatic rings. The minimum Gasteiger partial charge on any atom is -0.465 e. The number of nitro benzene ring substituents is 1. The van der Waals surface area contributed by atoms with Crippen molar-refractivity contribution in [1.29, 1.82) is 0 Å². The molecular weight excluding hydrogens is 422 g/mol. The summed E-state index contributed by atoms with van der Waals surface area (Å²) in [7, 11) is 0. The third-order valence-corrected chi connectivity index (χ3v) is 4.59. The van der Waals surface area contributed by atoms with E-state index in [-0.39, 0.29) is 42.6 Å². The van der Waals surface area contributed by atoms with Crippen molar-refractivity contribution >= 4 is 29.5 Å². The maximum atomic E-state index is 12.8. The van der Waals surface area contributed by atoms with Crippen LogP contribution >= 0.6 is 0 Å². The molecule has 0 aromatic heterocycles. The predicted molar refractivity (Wildman–Crippen MR) is 116 cm³/mol. The normalized spacial score (nSPS) is 16.1. The first-order valence-electron chi connectivity index (χ1n) is 10.2. The van der Waals surface area contributed by atoms with E-state index in [1.54, 1.807) is 20.8 Å². The van der Waals surface area contributed by atoms with Gasteiger partial charge in [0.15, 0.2) is 0 Å². The van der Waals surface area contributed by atoms with Crippen LogP contribution in [0.1, 0.15) is 44.0 Å². The molecule has 1 fully saturated rings. The highest BCUT2D eigenvalue weighted by molar-refractivity contribution is 5.96. The number of carbonyl (C=O) groups is 3. The van der Waals surface area contributed by atoms with E-state index in [0.717, 1.165) is 0 Å². The number of hydrogen-bond donors (Lipinski definition) is 4. The Morgan fingerprint density at radius 1 is 1.28 bits per heavy atom. The van der Waals surface area contributed by atoms with Crippen molar-refractivity contribution in [2.24, 2.45) is 0 Å². The van der Waals surface area contributed by atoms with Gasteiger partial charge in [0.1, 0.15) is 11.3 Å². The highest BCUT2D eigenvalue weighted by Gasteiger charge is 2.27. The summed E-state index contributed by atoms with van der Waals surface area (Å²) in [6, 6.07) is 3.74. The minimum atomic E-state index is -1.16. The van der Waals surface area contributed by atoms with Gasteiger partial charge in [-0.1, -0.05) is 0 Å². The van der Waals surface area contributed by atoms with Gasteiger partial charge in [-0.25, -0.2) is 9.59 Å². The van der Waals surface area contributed by atoms with Crippen LogP contribution in [-0.2, 0) is 4.74 Å². The zero-order valence-corrected chi connectivity index (χ0v) is 18.3. The summed E-state index contributed by atoms with van der Waals surface area (Å²) in [5.41, 5.74) is -0.548. The maximum Gasteiger partial charge on any atom is 0.407 e. The van der Waals surface area contributed by atoms with Gasteiger partial charge >= 0.3 is 12.2 Å². The first kappa shape index (κ1) is 24.7. The van der Waals surface area contributed by atoms with E-state index in [0.29, 0.717) is 19.4 Å². The number of carbonyl (C=O) groups excluding carboxylic acids is 2. The molecule has 12 heteroatoms. The third kappa shape index (κ3) is 7.60. The van der Waals surface area contributed by atoms with Crippen LogP contribution in [0.5, 0.6) is 0 Å². The zero-order chi connectivity index (χ0) is 23.9. The number of alkyl carbamates (subject to hydrolysis) is 1. The molecule has 2 rings (SSSR count). The van der Waals surface area contributed by atoms with E-state index >= 15 is 0 Å². The van der Waals surface area contributed by atoms with Gasteiger partial charge in [-0.15, -0.1) is 0 Å². The molecule has 0 aliphatic carbocycles. The highest BCUT2D eigenvalue weighted by Crippen LogP contribution is 2.26. The summed E-state index contributed by atoms with van der Waals surface area (Å²) in [5, 5.41) is 28.2. The average molecular weight is 451 g/mol. The maximum absolute atomic E-state index is 12.8. The van der Waals surface area contributed by atoms with Gasteiger partial charge in [0.05, 0.1) is 4.92 Å². The molecular formula is C20H29N5O7. The lowest BCUT2D eigenvalue weighted by Gasteiger charge is -2.32. The summed E-state index contributed by atoms with van der Waals surface area (Å²) in [5.74, 6) is -0.400. The fraction of sp³-hybridized carbons (Fsp3) is 0.550. The molecule has 1 aliphatic heterocycles. The molecule has 1 aliphatic rings. The van der Waals surface area contributed by atoms with Crippen molar-refractivity contribution in [2.45, 2.75) is 45.3 Å². The lowest BCUT2D eigenvalue weighted by Crippen LogP contribution is -2.49. The second-order valence-corrected chi connectivity index (χ2v) is 8.38. The van der Waals surface area contributed by atoms with E-state index in [2.05, 4.69) is 16.0 Å². The van der Waals surface area contributed by atoms with E-state index in [1.165, 1.54) is 23.1 Å². The molecule has 32 heavy (non-hydrogen) atoms. The van der Waals surface area contributed by atoms with Crippen LogP contribution in [0.15, 0.2) is 18.2 Å². The van der Waals surface area contributed by atoms with Crippen LogP contribution in [0.25, 0.3) is 0 Å². The number of likely N-dealkylation sites (tertiary alicyclic amines) is 1. The number of nitro groups is 1. The van der Waals surface area contributed by atoms with Crippen molar-refractivity contribution in [3.8, 4) is 0 Å². The summed E-state index contributed by atoms with van der Waals surface area (Å²) in [4.78, 5) is 47.7. The lowest BCUT2D eigenvalue weighted by atomic mass is 10.0. The van der Waals surface area contributed by atoms with Crippen LogP contribution < -0.4 is 16.0 Å². The van der Waals surface area contributed by atoms with Crippen molar-refractivity contribution in [3.63, 3.8) is 0 Å². The van der Waals surface area contributed by atoms with Gasteiger partial charge < -0.3 is 30.7 Å². The average Bonchev–Trinajstić information content (AvgIpc) is 2.69. The summed E-state index contributed by atoms with van der Waals surface area (Å²) in [6.07, 6.45) is -0.497. The number of carboxylic acid groups (broad SMARTS) is 1. The molecule has 1 heterocycles. The Kier molecular flexibility index (Phi) is 8.21. The number of ether oxygens (including phenoxy) is 1. The van der Waals surface area contributed by atoms with E-state index in [1.807, 2.05) is 0 Å². The monoisotopic (exact) mass is 451 g/mol. The van der Waals surface area contributed by atoms with Crippen molar-refractivity contribution < 1.29 is 29.2 Å². The largest absolute Gasteiger partial charge is 0.465 e. The molecule has 1 saturated heterocycles. The van der Waals surface area contributed by atoms with Crippen molar-refractivity contribution in [3.05, 3.63) is 33.9 Å². The lowest BCUT2D eigenvalue weighted by molar-refractivity contribution is -0.384. The smallest absolute Gasteiger partial charge is 0.407 e. The summed E-state index contributed by atoms with van der Waals surface area (Å²) < 4.78 is 5.12. The van der Waals surface area contributed by atoms with Crippen LogP contribution in [0.2, 0.25) is 0 Å². The number of anilines is 1. The fourth-order valence-corrected chi connectivity index (χ4v) is 3.28. The van der Waals surface area contributed by atoms with Gasteiger partial charge in [0.25, 0.3) is 11.6 Å². The molecule has 1 atom stereocenters. The van der Waals surface area contributed by atoms with E-state index in [4.69, 9.17) is 9.84 Å². The first-order chi connectivity index (χ1) is 15.0. The van der Waals surface area contributed by atoms with Crippen molar-refractivity contribution in [1.82, 2.24) is 15.5 Å². The Bertz CT molecular complexity index is 868. The topological polar surface area (TPSA) is 163 Å².